The summed E-state index contributed by atoms with van der Waals surface area (Å²) in [6.45, 7) is 2.03. The van der Waals surface area contributed by atoms with Gasteiger partial charge in [0.2, 0.25) is 0 Å². The number of aryl methyl sites for hydroxylation is 1. The quantitative estimate of drug-likeness (QED) is 0.728. The van der Waals surface area contributed by atoms with Crippen molar-refractivity contribution in [3.8, 4) is 0 Å². The first-order chi connectivity index (χ1) is 10.8. The van der Waals surface area contributed by atoms with Crippen molar-refractivity contribution in [2.24, 2.45) is 0 Å². The van der Waals surface area contributed by atoms with Crippen molar-refractivity contribution in [1.29, 1.82) is 0 Å². The van der Waals surface area contributed by atoms with Crippen molar-refractivity contribution in [2.75, 3.05) is 11.9 Å². The molecule has 1 aromatic carbocycles. The molecule has 0 aliphatic heterocycles. The van der Waals surface area contributed by atoms with E-state index in [1.54, 1.807) is 0 Å². The van der Waals surface area contributed by atoms with E-state index in [4.69, 9.17) is 9.63 Å². The van der Waals surface area contributed by atoms with Crippen molar-refractivity contribution in [2.45, 2.75) is 25.8 Å². The molecule has 2 aromatic heterocycles. The van der Waals surface area contributed by atoms with Crippen molar-refractivity contribution in [3.63, 3.8) is 0 Å². The summed E-state index contributed by atoms with van der Waals surface area (Å²) in [5.74, 6) is 0.704. The minimum Gasteiger partial charge on any atom is -0.396 e. The van der Waals surface area contributed by atoms with Gasteiger partial charge in [0.15, 0.2) is 0 Å². The third-order valence-electron chi connectivity index (χ3n) is 3.61. The zero-order chi connectivity index (χ0) is 15.4. The summed E-state index contributed by atoms with van der Waals surface area (Å²) in [6.07, 6.45) is 2.98. The Kier molecular flexibility index (Phi) is 4.29. The van der Waals surface area contributed by atoms with Crippen molar-refractivity contribution in [3.05, 3.63) is 47.9 Å². The van der Waals surface area contributed by atoms with Gasteiger partial charge in [0.25, 0.3) is 5.71 Å². The van der Waals surface area contributed by atoms with E-state index in [0.717, 1.165) is 23.1 Å². The number of hydrogen-bond donors (Lipinski definition) is 2. The summed E-state index contributed by atoms with van der Waals surface area (Å²) in [6, 6.07) is 10.2. The lowest BCUT2D eigenvalue weighted by Gasteiger charge is -2.19. The molecule has 0 aliphatic rings. The number of nitrogens with zero attached hydrogens (tertiary/aromatic N) is 3. The fourth-order valence-electron chi connectivity index (χ4n) is 2.50. The fourth-order valence-corrected chi connectivity index (χ4v) is 2.50. The zero-order valence-electron chi connectivity index (χ0n) is 12.4. The molecule has 0 radical (unpaired) electrons. The maximum Gasteiger partial charge on any atom is 0.263 e. The van der Waals surface area contributed by atoms with Gasteiger partial charge in [-0.2, -0.15) is 4.98 Å². The first kappa shape index (κ1) is 14.5. The molecule has 0 amide bonds. The number of anilines is 1. The Morgan fingerprint density at radius 1 is 1.23 bits per heavy atom. The van der Waals surface area contributed by atoms with Crippen molar-refractivity contribution in [1.82, 2.24) is 15.1 Å². The molecule has 3 aromatic rings. The fraction of sp³-hybridized carbons (Fsp3) is 0.312. The highest BCUT2D eigenvalue weighted by Gasteiger charge is 2.17. The van der Waals surface area contributed by atoms with E-state index in [9.17, 15) is 0 Å². The third-order valence-corrected chi connectivity index (χ3v) is 3.61. The van der Waals surface area contributed by atoms with Gasteiger partial charge >= 0.3 is 0 Å². The summed E-state index contributed by atoms with van der Waals surface area (Å²) >= 11 is 0. The average molecular weight is 298 g/mol. The molecular formula is C16H18N4O2. The van der Waals surface area contributed by atoms with E-state index >= 15 is 0 Å². The van der Waals surface area contributed by atoms with Gasteiger partial charge < -0.3 is 14.9 Å². The first-order valence-corrected chi connectivity index (χ1v) is 7.29. The van der Waals surface area contributed by atoms with Gasteiger partial charge in [0.05, 0.1) is 11.7 Å². The molecule has 22 heavy (non-hydrogen) atoms. The monoisotopic (exact) mass is 298 g/mol. The average Bonchev–Trinajstić information content (AvgIpc) is 2.94. The zero-order valence-corrected chi connectivity index (χ0v) is 12.4. The second kappa shape index (κ2) is 6.53. The van der Waals surface area contributed by atoms with Crippen LogP contribution in [0.3, 0.4) is 0 Å². The van der Waals surface area contributed by atoms with Crippen LogP contribution in [-0.4, -0.2) is 26.8 Å². The molecule has 2 heterocycles. The number of benzene rings is 1. The van der Waals surface area contributed by atoms with E-state index < -0.39 is 0 Å². The summed E-state index contributed by atoms with van der Waals surface area (Å²) in [5, 5.41) is 17.3. The highest BCUT2D eigenvalue weighted by atomic mass is 16.5. The molecule has 6 nitrogen and oxygen atoms in total. The lowest BCUT2D eigenvalue weighted by atomic mass is 10.0. The second-order valence-corrected chi connectivity index (χ2v) is 5.14. The predicted octanol–water partition coefficient (Wildman–Crippen LogP) is 2.85. The van der Waals surface area contributed by atoms with Crippen LogP contribution in [0.4, 0.5) is 5.82 Å². The highest BCUT2D eigenvalue weighted by Crippen LogP contribution is 2.28. The van der Waals surface area contributed by atoms with Crippen LogP contribution >= 0.6 is 0 Å². The number of hydrogen-bond acceptors (Lipinski definition) is 6. The van der Waals surface area contributed by atoms with Crippen LogP contribution in [0.25, 0.3) is 11.1 Å². The first-order valence-electron chi connectivity index (χ1n) is 7.29. The van der Waals surface area contributed by atoms with Crippen LogP contribution in [-0.2, 0) is 0 Å². The third kappa shape index (κ3) is 2.92. The SMILES string of the molecule is Cc1noc2ncnc(NC(CCCO)c3ccccc3)c12. The minimum atomic E-state index is 0.0562. The minimum absolute atomic E-state index is 0.0562. The van der Waals surface area contributed by atoms with E-state index in [1.165, 1.54) is 6.33 Å². The molecule has 0 fully saturated rings. The predicted molar refractivity (Wildman–Crippen MR) is 83.5 cm³/mol. The Morgan fingerprint density at radius 3 is 2.82 bits per heavy atom. The van der Waals surface area contributed by atoms with Crippen LogP contribution < -0.4 is 5.32 Å². The standard InChI is InChI=1S/C16H18N4O2/c1-11-14-15(17-10-18-16(14)22-20-11)19-13(8-5-9-21)12-6-3-2-4-7-12/h2-4,6-7,10,13,21H,5,8-9H2,1H3,(H,17,18,19). The van der Waals surface area contributed by atoms with Crippen molar-refractivity contribution >= 4 is 16.9 Å². The number of aromatic nitrogens is 3. The number of aliphatic hydroxyl groups is 1. The van der Waals surface area contributed by atoms with Crippen LogP contribution in [0.1, 0.15) is 30.1 Å². The van der Waals surface area contributed by atoms with Gasteiger partial charge in [-0.3, -0.25) is 0 Å². The number of fused-ring (bicyclic) bond motifs is 1. The summed E-state index contributed by atoms with van der Waals surface area (Å²) < 4.78 is 5.18. The van der Waals surface area contributed by atoms with Gasteiger partial charge in [-0.05, 0) is 25.3 Å². The molecule has 0 bridgehead atoms. The largest absolute Gasteiger partial charge is 0.396 e. The Balaban J connectivity index is 1.93. The maximum absolute atomic E-state index is 9.13. The van der Waals surface area contributed by atoms with Gasteiger partial charge in [-0.1, -0.05) is 35.5 Å². The molecule has 0 saturated heterocycles. The Bertz CT molecular complexity index is 742. The molecule has 114 valence electrons. The van der Waals surface area contributed by atoms with Gasteiger partial charge in [0.1, 0.15) is 17.5 Å². The molecule has 6 heteroatoms. The van der Waals surface area contributed by atoms with Crippen LogP contribution in [0.2, 0.25) is 0 Å². The maximum atomic E-state index is 9.13. The number of nitrogens with one attached hydrogen (secondary N) is 1. The molecule has 1 atom stereocenters. The van der Waals surface area contributed by atoms with E-state index in [1.807, 2.05) is 25.1 Å². The molecule has 3 rings (SSSR count). The smallest absolute Gasteiger partial charge is 0.263 e. The lowest BCUT2D eigenvalue weighted by Crippen LogP contribution is -2.13. The topological polar surface area (TPSA) is 84.1 Å². The van der Waals surface area contributed by atoms with Crippen LogP contribution in [0, 0.1) is 6.92 Å². The molecule has 2 N–H and O–H groups in total. The van der Waals surface area contributed by atoms with E-state index in [-0.39, 0.29) is 12.6 Å². The molecule has 0 aliphatic carbocycles. The van der Waals surface area contributed by atoms with Gasteiger partial charge in [0, 0.05) is 6.61 Å². The molecular weight excluding hydrogens is 280 g/mol. The Hall–Kier alpha value is -2.47. The molecule has 0 saturated carbocycles. The highest BCUT2D eigenvalue weighted by molar-refractivity contribution is 5.87. The Morgan fingerprint density at radius 2 is 2.05 bits per heavy atom. The summed E-state index contributed by atoms with van der Waals surface area (Å²) in [7, 11) is 0. The van der Waals surface area contributed by atoms with E-state index in [2.05, 4.69) is 32.6 Å². The van der Waals surface area contributed by atoms with Gasteiger partial charge in [-0.25, -0.2) is 4.98 Å². The summed E-state index contributed by atoms with van der Waals surface area (Å²) in [4.78, 5) is 8.41. The molecule has 0 spiro atoms. The summed E-state index contributed by atoms with van der Waals surface area (Å²) in [5.41, 5.74) is 2.38. The Labute approximate surface area is 128 Å². The molecule has 1 unspecified atom stereocenters. The van der Waals surface area contributed by atoms with Crippen LogP contribution in [0.15, 0.2) is 41.2 Å². The number of aliphatic hydroxyl groups excluding tert-OH is 1. The second-order valence-electron chi connectivity index (χ2n) is 5.14. The van der Waals surface area contributed by atoms with Crippen LogP contribution in [0.5, 0.6) is 0 Å². The number of rotatable bonds is 6. The lowest BCUT2D eigenvalue weighted by molar-refractivity contribution is 0.281. The van der Waals surface area contributed by atoms with E-state index in [0.29, 0.717) is 18.0 Å². The normalized spacial score (nSPS) is 12.5. The van der Waals surface area contributed by atoms with Crippen molar-refractivity contribution < 1.29 is 9.63 Å². The van der Waals surface area contributed by atoms with Gasteiger partial charge in [-0.15, -0.1) is 0 Å².